The zero-order valence-electron chi connectivity index (χ0n) is 9.20. The Bertz CT molecular complexity index is 482. The van der Waals surface area contributed by atoms with Gasteiger partial charge in [-0.15, -0.1) is 0 Å². The summed E-state index contributed by atoms with van der Waals surface area (Å²) in [4.78, 5) is 0. The van der Waals surface area contributed by atoms with Crippen LogP contribution in [0.1, 0.15) is 11.3 Å². The molecular formula is C13H13F2NO. The van der Waals surface area contributed by atoms with E-state index in [0.717, 1.165) is 11.8 Å². The van der Waals surface area contributed by atoms with E-state index in [4.69, 9.17) is 10.2 Å². The average Bonchev–Trinajstić information content (AvgIpc) is 2.75. The summed E-state index contributed by atoms with van der Waals surface area (Å²) < 4.78 is 31.2. The van der Waals surface area contributed by atoms with Gasteiger partial charge in [0.15, 0.2) is 0 Å². The van der Waals surface area contributed by atoms with Crippen molar-refractivity contribution in [3.05, 3.63) is 59.6 Å². The van der Waals surface area contributed by atoms with Crippen LogP contribution in [0.4, 0.5) is 8.78 Å². The summed E-state index contributed by atoms with van der Waals surface area (Å²) in [7, 11) is 0. The number of halogens is 2. The molecule has 0 saturated heterocycles. The molecule has 0 bridgehead atoms. The molecule has 0 aliphatic rings. The Hall–Kier alpha value is -1.68. The summed E-state index contributed by atoms with van der Waals surface area (Å²) in [5.74, 6) is -0.370. The molecule has 0 saturated carbocycles. The van der Waals surface area contributed by atoms with Crippen LogP contribution in [0.15, 0.2) is 41.0 Å². The van der Waals surface area contributed by atoms with E-state index in [1.165, 1.54) is 12.1 Å². The second-order valence-corrected chi connectivity index (χ2v) is 3.98. The van der Waals surface area contributed by atoms with E-state index in [2.05, 4.69) is 0 Å². The Kier molecular flexibility index (Phi) is 3.54. The quantitative estimate of drug-likeness (QED) is 0.887. The topological polar surface area (TPSA) is 39.2 Å². The lowest BCUT2D eigenvalue weighted by molar-refractivity contribution is 0.478. The highest BCUT2D eigenvalue weighted by Crippen LogP contribution is 2.13. The maximum absolute atomic E-state index is 13.4. The third kappa shape index (κ3) is 3.14. The van der Waals surface area contributed by atoms with E-state index < -0.39 is 11.6 Å². The first-order valence-electron chi connectivity index (χ1n) is 5.37. The van der Waals surface area contributed by atoms with Crippen LogP contribution in [0.5, 0.6) is 0 Å². The molecule has 4 heteroatoms. The van der Waals surface area contributed by atoms with Crippen molar-refractivity contribution in [1.29, 1.82) is 0 Å². The molecule has 1 unspecified atom stereocenters. The monoisotopic (exact) mass is 237 g/mol. The fraction of sp³-hybridized carbons (Fsp3) is 0.231. The molecule has 0 spiro atoms. The van der Waals surface area contributed by atoms with Gasteiger partial charge in [0.05, 0.1) is 6.26 Å². The summed E-state index contributed by atoms with van der Waals surface area (Å²) in [6.45, 7) is 0. The molecule has 2 N–H and O–H groups in total. The molecule has 17 heavy (non-hydrogen) atoms. The number of hydrogen-bond donors (Lipinski definition) is 1. The van der Waals surface area contributed by atoms with E-state index in [9.17, 15) is 8.78 Å². The minimum Gasteiger partial charge on any atom is -0.469 e. The van der Waals surface area contributed by atoms with Crippen molar-refractivity contribution < 1.29 is 13.2 Å². The second-order valence-electron chi connectivity index (χ2n) is 3.98. The normalized spacial score (nSPS) is 12.6. The summed E-state index contributed by atoms with van der Waals surface area (Å²) in [6.07, 6.45) is 2.46. The molecule has 1 aromatic carbocycles. The minimum atomic E-state index is -0.578. The van der Waals surface area contributed by atoms with Gasteiger partial charge < -0.3 is 10.2 Å². The van der Waals surface area contributed by atoms with Crippen LogP contribution >= 0.6 is 0 Å². The number of rotatable bonds is 4. The Balaban J connectivity index is 2.00. The van der Waals surface area contributed by atoms with Crippen LogP contribution in [0, 0.1) is 11.6 Å². The van der Waals surface area contributed by atoms with E-state index in [-0.39, 0.29) is 6.04 Å². The molecule has 1 aromatic heterocycles. The van der Waals surface area contributed by atoms with E-state index in [1.807, 2.05) is 6.07 Å². The minimum absolute atomic E-state index is 0.249. The van der Waals surface area contributed by atoms with Crippen molar-refractivity contribution in [3.63, 3.8) is 0 Å². The molecular weight excluding hydrogens is 224 g/mol. The third-order valence-electron chi connectivity index (χ3n) is 2.54. The summed E-state index contributed by atoms with van der Waals surface area (Å²) in [6, 6.07) is 6.88. The molecule has 0 aliphatic heterocycles. The van der Waals surface area contributed by atoms with Gasteiger partial charge in [0.2, 0.25) is 0 Å². The molecule has 2 aromatic rings. The molecule has 1 atom stereocenters. The van der Waals surface area contributed by atoms with Crippen LogP contribution in [-0.2, 0) is 12.8 Å². The van der Waals surface area contributed by atoms with Gasteiger partial charge in [-0.25, -0.2) is 8.78 Å². The van der Waals surface area contributed by atoms with Gasteiger partial charge in [-0.05, 0) is 30.2 Å². The molecule has 2 rings (SSSR count). The molecule has 0 fully saturated rings. The summed E-state index contributed by atoms with van der Waals surface area (Å²) in [5, 5.41) is 0. The molecule has 0 radical (unpaired) electrons. The predicted molar refractivity (Wildman–Crippen MR) is 60.4 cm³/mol. The van der Waals surface area contributed by atoms with Crippen molar-refractivity contribution in [1.82, 2.24) is 0 Å². The molecule has 2 nitrogen and oxygen atoms in total. The lowest BCUT2D eigenvalue weighted by atomic mass is 10.0. The Morgan fingerprint density at radius 3 is 2.65 bits per heavy atom. The predicted octanol–water partition coefficient (Wildman–Crippen LogP) is 2.67. The second kappa shape index (κ2) is 5.10. The standard InChI is InChI=1S/C13H13F2NO/c14-10-4-3-9(13(15)7-10)6-11(16)8-12-2-1-5-17-12/h1-5,7,11H,6,8,16H2. The summed E-state index contributed by atoms with van der Waals surface area (Å²) in [5.41, 5.74) is 6.31. The van der Waals surface area contributed by atoms with Gasteiger partial charge >= 0.3 is 0 Å². The van der Waals surface area contributed by atoms with Crippen molar-refractivity contribution in [2.45, 2.75) is 18.9 Å². The van der Waals surface area contributed by atoms with Crippen molar-refractivity contribution >= 4 is 0 Å². The largest absolute Gasteiger partial charge is 0.469 e. The fourth-order valence-electron chi connectivity index (χ4n) is 1.73. The molecule has 90 valence electrons. The highest BCUT2D eigenvalue weighted by Gasteiger charge is 2.11. The van der Waals surface area contributed by atoms with Gasteiger partial charge in [-0.2, -0.15) is 0 Å². The van der Waals surface area contributed by atoms with Gasteiger partial charge in [-0.3, -0.25) is 0 Å². The number of hydrogen-bond acceptors (Lipinski definition) is 2. The summed E-state index contributed by atoms with van der Waals surface area (Å²) >= 11 is 0. The fourth-order valence-corrected chi connectivity index (χ4v) is 1.73. The highest BCUT2D eigenvalue weighted by atomic mass is 19.1. The van der Waals surface area contributed by atoms with Crippen LogP contribution in [0.2, 0.25) is 0 Å². The number of nitrogens with two attached hydrogens (primary N) is 1. The van der Waals surface area contributed by atoms with Crippen molar-refractivity contribution in [3.8, 4) is 0 Å². The zero-order valence-corrected chi connectivity index (χ0v) is 9.20. The van der Waals surface area contributed by atoms with Crippen LogP contribution in [-0.4, -0.2) is 6.04 Å². The first kappa shape index (κ1) is 11.8. The van der Waals surface area contributed by atoms with Crippen molar-refractivity contribution in [2.75, 3.05) is 0 Å². The lowest BCUT2D eigenvalue weighted by Gasteiger charge is -2.10. The maximum atomic E-state index is 13.4. The Morgan fingerprint density at radius 1 is 1.18 bits per heavy atom. The molecule has 0 aliphatic carbocycles. The maximum Gasteiger partial charge on any atom is 0.129 e. The van der Waals surface area contributed by atoms with Gasteiger partial charge in [0.25, 0.3) is 0 Å². The Labute approximate surface area is 98.0 Å². The average molecular weight is 237 g/mol. The van der Waals surface area contributed by atoms with Crippen LogP contribution in [0.3, 0.4) is 0 Å². The molecule has 0 amide bonds. The number of benzene rings is 1. The van der Waals surface area contributed by atoms with Gasteiger partial charge in [-0.1, -0.05) is 6.07 Å². The van der Waals surface area contributed by atoms with Crippen molar-refractivity contribution in [2.24, 2.45) is 5.73 Å². The van der Waals surface area contributed by atoms with E-state index in [1.54, 1.807) is 12.3 Å². The van der Waals surface area contributed by atoms with Crippen LogP contribution < -0.4 is 5.73 Å². The van der Waals surface area contributed by atoms with Crippen LogP contribution in [0.25, 0.3) is 0 Å². The molecule has 1 heterocycles. The first-order chi connectivity index (χ1) is 8.15. The smallest absolute Gasteiger partial charge is 0.129 e. The van der Waals surface area contributed by atoms with E-state index in [0.29, 0.717) is 18.4 Å². The first-order valence-corrected chi connectivity index (χ1v) is 5.37. The van der Waals surface area contributed by atoms with Gasteiger partial charge in [0.1, 0.15) is 17.4 Å². The highest BCUT2D eigenvalue weighted by molar-refractivity contribution is 5.20. The van der Waals surface area contributed by atoms with Gasteiger partial charge in [0, 0.05) is 18.5 Å². The Morgan fingerprint density at radius 2 is 2.00 bits per heavy atom. The lowest BCUT2D eigenvalue weighted by Crippen LogP contribution is -2.25. The SMILES string of the molecule is NC(Cc1ccco1)Cc1ccc(F)cc1F. The van der Waals surface area contributed by atoms with E-state index >= 15 is 0 Å². The zero-order chi connectivity index (χ0) is 12.3. The number of furan rings is 1. The third-order valence-corrected chi connectivity index (χ3v) is 2.54.